The standard InChI is InChI=1S/C23H30N2O4/c1-5-20(23(27)24-6-2)25(15-18-11-13-19(28-4)14-12-18)22(26)16-29-21-10-8-7-9-17(21)3/h7-14,20H,5-6,15-16H2,1-4H3,(H,24,27)/t20-/m0/s1. The third-order valence-electron chi connectivity index (χ3n) is 4.69. The van der Waals surface area contributed by atoms with Crippen molar-refractivity contribution in [1.82, 2.24) is 10.2 Å². The van der Waals surface area contributed by atoms with E-state index in [0.29, 0.717) is 25.3 Å². The number of nitrogens with one attached hydrogen (secondary N) is 1. The van der Waals surface area contributed by atoms with Crippen LogP contribution in [-0.2, 0) is 16.1 Å². The lowest BCUT2D eigenvalue weighted by molar-refractivity contribution is -0.142. The number of carbonyl (C=O) groups is 2. The summed E-state index contributed by atoms with van der Waals surface area (Å²) in [6.07, 6.45) is 0.512. The summed E-state index contributed by atoms with van der Waals surface area (Å²) in [5.74, 6) is 1.01. The molecular weight excluding hydrogens is 368 g/mol. The number of amides is 2. The van der Waals surface area contributed by atoms with E-state index in [9.17, 15) is 9.59 Å². The van der Waals surface area contributed by atoms with E-state index in [2.05, 4.69) is 5.32 Å². The van der Waals surface area contributed by atoms with Crippen molar-refractivity contribution in [2.24, 2.45) is 0 Å². The molecule has 156 valence electrons. The minimum absolute atomic E-state index is 0.128. The summed E-state index contributed by atoms with van der Waals surface area (Å²) >= 11 is 0. The number of rotatable bonds is 10. The van der Waals surface area contributed by atoms with Crippen molar-refractivity contribution in [3.63, 3.8) is 0 Å². The maximum Gasteiger partial charge on any atom is 0.261 e. The minimum Gasteiger partial charge on any atom is -0.497 e. The van der Waals surface area contributed by atoms with E-state index < -0.39 is 6.04 Å². The average Bonchev–Trinajstić information content (AvgIpc) is 2.73. The van der Waals surface area contributed by atoms with Gasteiger partial charge < -0.3 is 19.7 Å². The molecule has 0 fully saturated rings. The van der Waals surface area contributed by atoms with E-state index in [1.165, 1.54) is 0 Å². The second-order valence-corrected chi connectivity index (χ2v) is 6.74. The molecule has 0 bridgehead atoms. The minimum atomic E-state index is -0.565. The summed E-state index contributed by atoms with van der Waals surface area (Å²) in [6.45, 7) is 6.39. The van der Waals surface area contributed by atoms with Crippen molar-refractivity contribution < 1.29 is 19.1 Å². The van der Waals surface area contributed by atoms with Crippen LogP contribution in [0.25, 0.3) is 0 Å². The van der Waals surface area contributed by atoms with Gasteiger partial charge in [-0.25, -0.2) is 0 Å². The Hall–Kier alpha value is -3.02. The number of hydrogen-bond donors (Lipinski definition) is 1. The van der Waals surface area contributed by atoms with Crippen LogP contribution in [0.5, 0.6) is 11.5 Å². The smallest absolute Gasteiger partial charge is 0.261 e. The second kappa shape index (κ2) is 11.1. The number of ether oxygens (including phenoxy) is 2. The Balaban J connectivity index is 2.20. The van der Waals surface area contributed by atoms with Gasteiger partial charge in [0.2, 0.25) is 5.91 Å². The van der Waals surface area contributed by atoms with Crippen LogP contribution in [0.1, 0.15) is 31.4 Å². The van der Waals surface area contributed by atoms with Gasteiger partial charge in [0.15, 0.2) is 6.61 Å². The van der Waals surface area contributed by atoms with Gasteiger partial charge in [0.1, 0.15) is 17.5 Å². The van der Waals surface area contributed by atoms with Crippen molar-refractivity contribution in [3.8, 4) is 11.5 Å². The molecular formula is C23H30N2O4. The van der Waals surface area contributed by atoms with Gasteiger partial charge in [0.25, 0.3) is 5.91 Å². The molecule has 29 heavy (non-hydrogen) atoms. The Morgan fingerprint density at radius 2 is 1.76 bits per heavy atom. The van der Waals surface area contributed by atoms with Crippen molar-refractivity contribution in [2.45, 2.75) is 39.8 Å². The molecule has 0 unspecified atom stereocenters. The molecule has 2 aromatic rings. The Morgan fingerprint density at radius 1 is 1.07 bits per heavy atom. The molecule has 0 heterocycles. The summed E-state index contributed by atoms with van der Waals surface area (Å²) in [5, 5.41) is 2.83. The van der Waals surface area contributed by atoms with Crippen molar-refractivity contribution in [3.05, 3.63) is 59.7 Å². The lowest BCUT2D eigenvalue weighted by Gasteiger charge is -2.30. The van der Waals surface area contributed by atoms with E-state index in [0.717, 1.165) is 16.9 Å². The number of aryl methyl sites for hydroxylation is 1. The topological polar surface area (TPSA) is 67.9 Å². The maximum atomic E-state index is 13.1. The van der Waals surface area contributed by atoms with E-state index in [1.54, 1.807) is 12.0 Å². The maximum absolute atomic E-state index is 13.1. The Bertz CT molecular complexity index is 805. The van der Waals surface area contributed by atoms with Gasteiger partial charge in [0, 0.05) is 13.1 Å². The Morgan fingerprint density at radius 3 is 2.34 bits per heavy atom. The van der Waals surface area contributed by atoms with Crippen LogP contribution in [0, 0.1) is 6.92 Å². The van der Waals surface area contributed by atoms with Crippen molar-refractivity contribution in [1.29, 1.82) is 0 Å². The molecule has 1 atom stereocenters. The molecule has 0 saturated heterocycles. The third kappa shape index (κ3) is 6.24. The number of carbonyl (C=O) groups excluding carboxylic acids is 2. The molecule has 0 spiro atoms. The molecule has 0 aliphatic rings. The number of nitrogens with zero attached hydrogens (tertiary/aromatic N) is 1. The zero-order valence-electron chi connectivity index (χ0n) is 17.6. The molecule has 6 nitrogen and oxygen atoms in total. The van der Waals surface area contributed by atoms with E-state index in [-0.39, 0.29) is 18.4 Å². The van der Waals surface area contributed by atoms with Gasteiger partial charge in [0.05, 0.1) is 7.11 Å². The van der Waals surface area contributed by atoms with E-state index >= 15 is 0 Å². The van der Waals surface area contributed by atoms with Crippen molar-refractivity contribution >= 4 is 11.8 Å². The first-order valence-corrected chi connectivity index (χ1v) is 9.88. The third-order valence-corrected chi connectivity index (χ3v) is 4.69. The molecule has 2 rings (SSSR count). The van der Waals surface area contributed by atoms with Gasteiger partial charge in [-0.2, -0.15) is 0 Å². The van der Waals surface area contributed by atoms with Crippen LogP contribution in [0.2, 0.25) is 0 Å². The van der Waals surface area contributed by atoms with Gasteiger partial charge in [-0.1, -0.05) is 37.3 Å². The predicted molar refractivity (Wildman–Crippen MR) is 113 cm³/mol. The Kier molecular flexibility index (Phi) is 8.52. The fourth-order valence-corrected chi connectivity index (χ4v) is 3.08. The molecule has 0 aromatic heterocycles. The fourth-order valence-electron chi connectivity index (χ4n) is 3.08. The monoisotopic (exact) mass is 398 g/mol. The molecule has 2 amide bonds. The summed E-state index contributed by atoms with van der Waals surface area (Å²) < 4.78 is 10.9. The fraction of sp³-hybridized carbons (Fsp3) is 0.391. The summed E-state index contributed by atoms with van der Waals surface area (Å²) in [6, 6.07) is 14.5. The Labute approximate surface area is 172 Å². The number of hydrogen-bond acceptors (Lipinski definition) is 4. The highest BCUT2D eigenvalue weighted by Crippen LogP contribution is 2.19. The highest BCUT2D eigenvalue weighted by molar-refractivity contribution is 5.88. The molecule has 0 radical (unpaired) electrons. The SMILES string of the molecule is CCNC(=O)[C@H](CC)N(Cc1ccc(OC)cc1)C(=O)COc1ccccc1C. The molecule has 6 heteroatoms. The molecule has 1 N–H and O–H groups in total. The van der Waals surface area contributed by atoms with E-state index in [1.807, 2.05) is 69.3 Å². The second-order valence-electron chi connectivity index (χ2n) is 6.74. The number of para-hydroxylation sites is 1. The highest BCUT2D eigenvalue weighted by Gasteiger charge is 2.28. The van der Waals surface area contributed by atoms with Gasteiger partial charge >= 0.3 is 0 Å². The van der Waals surface area contributed by atoms with Crippen LogP contribution in [-0.4, -0.2) is 43.0 Å². The summed E-state index contributed by atoms with van der Waals surface area (Å²) in [4.78, 5) is 27.2. The lowest BCUT2D eigenvalue weighted by atomic mass is 10.1. The first-order valence-electron chi connectivity index (χ1n) is 9.88. The van der Waals surface area contributed by atoms with Crippen molar-refractivity contribution in [2.75, 3.05) is 20.3 Å². The van der Waals surface area contributed by atoms with Crippen LogP contribution in [0.3, 0.4) is 0 Å². The van der Waals surface area contributed by atoms with Gasteiger partial charge in [-0.3, -0.25) is 9.59 Å². The lowest BCUT2D eigenvalue weighted by Crippen LogP contribution is -2.50. The number of benzene rings is 2. The largest absolute Gasteiger partial charge is 0.497 e. The predicted octanol–water partition coefficient (Wildman–Crippen LogP) is 3.33. The average molecular weight is 399 g/mol. The molecule has 2 aromatic carbocycles. The van der Waals surface area contributed by atoms with Crippen LogP contribution in [0.4, 0.5) is 0 Å². The quantitative estimate of drug-likeness (QED) is 0.667. The number of methoxy groups -OCH3 is 1. The summed E-state index contributed by atoms with van der Waals surface area (Å²) in [7, 11) is 1.61. The van der Waals surface area contributed by atoms with Gasteiger partial charge in [-0.05, 0) is 49.6 Å². The van der Waals surface area contributed by atoms with E-state index in [4.69, 9.17) is 9.47 Å². The highest BCUT2D eigenvalue weighted by atomic mass is 16.5. The van der Waals surface area contributed by atoms with Crippen LogP contribution >= 0.6 is 0 Å². The number of likely N-dealkylation sites (N-methyl/N-ethyl adjacent to an activating group) is 1. The normalized spacial score (nSPS) is 11.4. The first kappa shape index (κ1) is 22.3. The van der Waals surface area contributed by atoms with Crippen LogP contribution < -0.4 is 14.8 Å². The first-order chi connectivity index (χ1) is 14.0. The molecule has 0 aliphatic carbocycles. The zero-order chi connectivity index (χ0) is 21.2. The summed E-state index contributed by atoms with van der Waals surface area (Å²) in [5.41, 5.74) is 1.87. The molecule has 0 saturated carbocycles. The molecule has 0 aliphatic heterocycles. The van der Waals surface area contributed by atoms with Gasteiger partial charge in [-0.15, -0.1) is 0 Å². The van der Waals surface area contributed by atoms with Crippen LogP contribution in [0.15, 0.2) is 48.5 Å². The zero-order valence-corrected chi connectivity index (χ0v) is 17.6.